The molecule has 1 nitrogen and oxygen atoms in total. The minimum Gasteiger partial charge on any atom is -0.497 e. The van der Waals surface area contributed by atoms with Gasteiger partial charge in [0.05, 0.1) is 12.7 Å². The van der Waals surface area contributed by atoms with Gasteiger partial charge in [0.2, 0.25) is 0 Å². The third-order valence-electron chi connectivity index (χ3n) is 5.83. The Labute approximate surface area is 194 Å². The van der Waals surface area contributed by atoms with Gasteiger partial charge in [-0.2, -0.15) is 0 Å². The van der Waals surface area contributed by atoms with Crippen molar-refractivity contribution in [2.75, 3.05) is 7.11 Å². The lowest BCUT2D eigenvalue weighted by molar-refractivity contribution is 0.407. The molecule has 0 atom stereocenters. The van der Waals surface area contributed by atoms with Gasteiger partial charge in [-0.15, -0.1) is 0 Å². The largest absolute Gasteiger partial charge is 0.497 e. The summed E-state index contributed by atoms with van der Waals surface area (Å²) in [6.07, 6.45) is 0. The van der Waals surface area contributed by atoms with Crippen molar-refractivity contribution in [2.24, 2.45) is 0 Å². The fourth-order valence-electron chi connectivity index (χ4n) is 4.39. The van der Waals surface area contributed by atoms with Crippen LogP contribution in [0.5, 0.6) is 5.75 Å². The Balaban J connectivity index is 2.09. The molecule has 5 aromatic carbocycles. The Bertz CT molecular complexity index is 1640. The summed E-state index contributed by atoms with van der Waals surface area (Å²) in [5.41, 5.74) is -1.74. The van der Waals surface area contributed by atoms with E-state index in [0.29, 0.717) is 6.07 Å². The molecule has 0 saturated carbocycles. The third kappa shape index (κ3) is 3.56. The van der Waals surface area contributed by atoms with E-state index in [-0.39, 0.29) is 27.6 Å². The van der Waals surface area contributed by atoms with E-state index < -0.39 is 62.6 Å². The molecule has 0 aliphatic carbocycles. The van der Waals surface area contributed by atoms with Gasteiger partial charge in [0, 0.05) is 45.7 Å². The van der Waals surface area contributed by atoms with Crippen LogP contribution in [0.1, 0.15) is 0 Å². The lowest BCUT2D eigenvalue weighted by Crippen LogP contribution is -2.00. The Morgan fingerprint density at radius 2 is 1.06 bits per heavy atom. The summed E-state index contributed by atoms with van der Waals surface area (Å²) >= 11 is 0. The smallest absolute Gasteiger partial charge is 0.137 e. The maximum Gasteiger partial charge on any atom is 0.137 e. The summed E-state index contributed by atoms with van der Waals surface area (Å²) < 4.78 is 109. The molecule has 0 N–H and O–H groups in total. The molecule has 0 aliphatic heterocycles. The number of methoxy groups -OCH3 is 1. The zero-order valence-electron chi connectivity index (χ0n) is 17.8. The van der Waals surface area contributed by atoms with Crippen molar-refractivity contribution in [1.29, 1.82) is 0 Å². The maximum atomic E-state index is 15.3. The van der Waals surface area contributed by atoms with Crippen molar-refractivity contribution in [1.82, 2.24) is 0 Å². The van der Waals surface area contributed by atoms with Crippen molar-refractivity contribution >= 4 is 21.5 Å². The molecule has 0 radical (unpaired) electrons. The van der Waals surface area contributed by atoms with Crippen LogP contribution < -0.4 is 4.74 Å². The maximum absolute atomic E-state index is 15.3. The van der Waals surface area contributed by atoms with Crippen molar-refractivity contribution in [2.45, 2.75) is 0 Å². The Kier molecular flexibility index (Phi) is 5.39. The number of fused-ring (bicyclic) bond motifs is 2. The van der Waals surface area contributed by atoms with Crippen LogP contribution in [0.4, 0.5) is 30.7 Å². The first kappa shape index (κ1) is 22.7. The Hall–Kier alpha value is -4.07. The van der Waals surface area contributed by atoms with Gasteiger partial charge in [0.25, 0.3) is 0 Å². The van der Waals surface area contributed by atoms with Crippen LogP contribution in [0, 0.1) is 40.7 Å². The third-order valence-corrected chi connectivity index (χ3v) is 5.83. The zero-order chi connectivity index (χ0) is 25.0. The van der Waals surface area contributed by atoms with Gasteiger partial charge in [-0.05, 0) is 47.2 Å². The fraction of sp³-hybridized carbons (Fsp3) is 0.0370. The molecule has 5 rings (SSSR count). The van der Waals surface area contributed by atoms with Crippen LogP contribution in [-0.2, 0) is 0 Å². The van der Waals surface area contributed by atoms with Gasteiger partial charge in [0.1, 0.15) is 46.5 Å². The molecule has 0 bridgehead atoms. The van der Waals surface area contributed by atoms with Crippen LogP contribution in [0.25, 0.3) is 43.8 Å². The van der Waals surface area contributed by atoms with Crippen molar-refractivity contribution in [3.05, 3.63) is 101 Å². The molecular weight excluding hydrogens is 473 g/mol. The topological polar surface area (TPSA) is 9.23 Å². The predicted molar refractivity (Wildman–Crippen MR) is 119 cm³/mol. The number of halogens is 7. The van der Waals surface area contributed by atoms with E-state index in [0.717, 1.165) is 54.6 Å². The summed E-state index contributed by atoms with van der Waals surface area (Å²) in [4.78, 5) is 0. The number of benzene rings is 5. The van der Waals surface area contributed by atoms with E-state index in [1.165, 1.54) is 7.11 Å². The zero-order valence-corrected chi connectivity index (χ0v) is 17.8. The highest BCUT2D eigenvalue weighted by Crippen LogP contribution is 2.47. The van der Waals surface area contributed by atoms with Gasteiger partial charge >= 0.3 is 0 Å². The molecule has 176 valence electrons. The average molecular weight is 486 g/mol. The molecule has 0 fully saturated rings. The predicted octanol–water partition coefficient (Wildman–Crippen LogP) is 8.31. The highest BCUT2D eigenvalue weighted by atomic mass is 19.2. The van der Waals surface area contributed by atoms with E-state index in [2.05, 4.69) is 0 Å². The Morgan fingerprint density at radius 1 is 0.486 bits per heavy atom. The first-order chi connectivity index (χ1) is 16.7. The lowest BCUT2D eigenvalue weighted by atomic mass is 9.85. The minimum atomic E-state index is -1.14. The molecular formula is C27H13F7O. The van der Waals surface area contributed by atoms with Gasteiger partial charge in [0.15, 0.2) is 0 Å². The summed E-state index contributed by atoms with van der Waals surface area (Å²) in [6.45, 7) is 0. The molecule has 0 aliphatic rings. The number of ether oxygens (including phenoxy) is 1. The Morgan fingerprint density at radius 3 is 1.66 bits per heavy atom. The second-order valence-corrected chi connectivity index (χ2v) is 7.81. The summed E-state index contributed by atoms with van der Waals surface area (Å²) in [7, 11) is 1.20. The quantitative estimate of drug-likeness (QED) is 0.184. The van der Waals surface area contributed by atoms with Crippen LogP contribution in [0.2, 0.25) is 0 Å². The first-order valence-corrected chi connectivity index (χ1v) is 10.2. The normalized spacial score (nSPS) is 11.4. The van der Waals surface area contributed by atoms with Crippen molar-refractivity contribution in [3.8, 4) is 28.0 Å². The van der Waals surface area contributed by atoms with Gasteiger partial charge in [-0.1, -0.05) is 6.07 Å². The molecule has 0 unspecified atom stereocenters. The van der Waals surface area contributed by atoms with E-state index in [1.54, 1.807) is 0 Å². The van der Waals surface area contributed by atoms with Crippen LogP contribution in [0.15, 0.2) is 60.7 Å². The summed E-state index contributed by atoms with van der Waals surface area (Å²) in [5, 5.41) is -1.33. The number of hydrogen-bond acceptors (Lipinski definition) is 1. The van der Waals surface area contributed by atoms with Crippen LogP contribution >= 0.6 is 0 Å². The van der Waals surface area contributed by atoms with Gasteiger partial charge < -0.3 is 4.74 Å². The van der Waals surface area contributed by atoms with Crippen LogP contribution in [0.3, 0.4) is 0 Å². The SMILES string of the molecule is COc1cc(F)c(-c2c3ccc(F)cc3c(-c3ccc(F)cc3F)c3c(F)ccc(F)c23)c(F)c1. The standard InChI is InChI=1S/C27H13F7O/c1-35-14-10-21(33)25(22(34)11-14)24-15-4-2-12(28)8-17(15)23(16-5-3-13(29)9-20(16)32)26-18(30)6-7-19(31)27(24)26/h2-11H,1H3. The average Bonchev–Trinajstić information content (AvgIpc) is 2.81. The highest BCUT2D eigenvalue weighted by Gasteiger charge is 2.27. The fourth-order valence-corrected chi connectivity index (χ4v) is 4.39. The van der Waals surface area contributed by atoms with Crippen LogP contribution in [-0.4, -0.2) is 7.11 Å². The molecule has 5 aromatic rings. The number of rotatable bonds is 3. The summed E-state index contributed by atoms with van der Waals surface area (Å²) in [6, 6.07) is 8.73. The van der Waals surface area contributed by atoms with Crippen molar-refractivity contribution < 1.29 is 35.5 Å². The summed E-state index contributed by atoms with van der Waals surface area (Å²) in [5.74, 6) is -7.40. The molecule has 0 amide bonds. The minimum absolute atomic E-state index is 0.0786. The van der Waals surface area contributed by atoms with Crippen molar-refractivity contribution in [3.63, 3.8) is 0 Å². The van der Waals surface area contributed by atoms with Gasteiger partial charge in [-0.25, -0.2) is 30.7 Å². The highest BCUT2D eigenvalue weighted by molar-refractivity contribution is 6.21. The van der Waals surface area contributed by atoms with Gasteiger partial charge in [-0.3, -0.25) is 0 Å². The van der Waals surface area contributed by atoms with E-state index in [1.807, 2.05) is 0 Å². The second-order valence-electron chi connectivity index (χ2n) is 7.81. The van der Waals surface area contributed by atoms with E-state index in [4.69, 9.17) is 4.74 Å². The second kappa shape index (κ2) is 8.30. The molecule has 0 saturated heterocycles. The molecule has 35 heavy (non-hydrogen) atoms. The molecule has 0 heterocycles. The van der Waals surface area contributed by atoms with E-state index in [9.17, 15) is 13.2 Å². The number of hydrogen-bond donors (Lipinski definition) is 0. The molecule has 0 spiro atoms. The molecule has 0 aromatic heterocycles. The first-order valence-electron chi connectivity index (χ1n) is 10.2. The monoisotopic (exact) mass is 486 g/mol. The van der Waals surface area contributed by atoms with E-state index >= 15 is 17.6 Å². The lowest BCUT2D eigenvalue weighted by Gasteiger charge is -2.20. The molecule has 8 heteroatoms.